The van der Waals surface area contributed by atoms with E-state index in [1.165, 1.54) is 0 Å². The highest BCUT2D eigenvalue weighted by Gasteiger charge is 2.26. The second-order valence-electron chi connectivity index (χ2n) is 7.62. The summed E-state index contributed by atoms with van der Waals surface area (Å²) in [7, 11) is 3.13. The molecule has 10 heteroatoms. The van der Waals surface area contributed by atoms with Gasteiger partial charge in [0.2, 0.25) is 6.79 Å². The number of carbonyl (C=O) groups excluding carboxylic acids is 1. The van der Waals surface area contributed by atoms with E-state index < -0.39 is 0 Å². The molecule has 1 aromatic heterocycles. The van der Waals surface area contributed by atoms with Crippen LogP contribution in [-0.4, -0.2) is 68.2 Å². The lowest BCUT2D eigenvalue weighted by molar-refractivity contribution is 0.0982. The van der Waals surface area contributed by atoms with Gasteiger partial charge >= 0.3 is 0 Å². The van der Waals surface area contributed by atoms with Crippen molar-refractivity contribution in [2.24, 2.45) is 0 Å². The minimum Gasteiger partial charge on any atom is -0.493 e. The van der Waals surface area contributed by atoms with E-state index in [-0.39, 0.29) is 12.7 Å². The fraction of sp³-hybridized carbons (Fsp3) is 0.375. The molecule has 0 aliphatic carbocycles. The maximum absolute atomic E-state index is 14.0. The number of nitrogens with zero attached hydrogens (tertiary/aromatic N) is 4. The zero-order chi connectivity index (χ0) is 24.2. The molecule has 0 fully saturated rings. The van der Waals surface area contributed by atoms with Crippen molar-refractivity contribution < 1.29 is 23.7 Å². The van der Waals surface area contributed by atoms with Crippen LogP contribution < -0.4 is 23.8 Å². The first-order valence-corrected chi connectivity index (χ1v) is 12.1. The van der Waals surface area contributed by atoms with Crippen LogP contribution in [0.1, 0.15) is 24.2 Å². The average molecular weight is 578 g/mol. The van der Waals surface area contributed by atoms with Gasteiger partial charge in [0.1, 0.15) is 0 Å². The van der Waals surface area contributed by atoms with Crippen molar-refractivity contribution in [3.8, 4) is 23.0 Å². The number of fused-ring (bicyclic) bond motifs is 2. The van der Waals surface area contributed by atoms with Gasteiger partial charge in [0.05, 0.1) is 37.2 Å². The normalized spacial score (nSPS) is 12.3. The number of anilines is 1. The van der Waals surface area contributed by atoms with Crippen LogP contribution in [0.5, 0.6) is 23.0 Å². The molecule has 1 amide bonds. The second kappa shape index (κ2) is 10.6. The number of amides is 1. The van der Waals surface area contributed by atoms with Gasteiger partial charge in [0.15, 0.2) is 23.0 Å². The number of rotatable bonds is 9. The molecule has 0 unspecified atom stereocenters. The van der Waals surface area contributed by atoms with Gasteiger partial charge < -0.3 is 28.7 Å². The highest BCUT2D eigenvalue weighted by molar-refractivity contribution is 14.1. The third kappa shape index (κ3) is 4.69. The van der Waals surface area contributed by atoms with Gasteiger partial charge in [-0.2, -0.15) is 10.2 Å². The van der Waals surface area contributed by atoms with Gasteiger partial charge in [-0.05, 0) is 53.9 Å². The van der Waals surface area contributed by atoms with E-state index in [1.807, 2.05) is 6.07 Å². The van der Waals surface area contributed by atoms with Crippen LogP contribution in [0.2, 0.25) is 0 Å². The van der Waals surface area contributed by atoms with Crippen LogP contribution in [0, 0.1) is 3.57 Å². The van der Waals surface area contributed by atoms with Crippen LogP contribution >= 0.6 is 22.6 Å². The number of halogens is 1. The SMILES string of the molecule is CCN(CC)CCN(C(=O)c1cc(OC)c(OC)cc1I)c1cnnc2cc3c(cc12)OCO3. The lowest BCUT2D eigenvalue weighted by Gasteiger charge is -2.28. The summed E-state index contributed by atoms with van der Waals surface area (Å²) in [6.45, 7) is 7.33. The van der Waals surface area contributed by atoms with Gasteiger partial charge in [0, 0.05) is 28.1 Å². The second-order valence-corrected chi connectivity index (χ2v) is 8.79. The van der Waals surface area contributed by atoms with Gasteiger partial charge in [-0.25, -0.2) is 0 Å². The number of hydrogen-bond donors (Lipinski definition) is 0. The minimum absolute atomic E-state index is 0.156. The van der Waals surface area contributed by atoms with Crippen molar-refractivity contribution >= 4 is 45.1 Å². The summed E-state index contributed by atoms with van der Waals surface area (Å²) in [5, 5.41) is 9.21. The highest BCUT2D eigenvalue weighted by atomic mass is 127. The Bertz CT molecular complexity index is 1200. The van der Waals surface area contributed by atoms with Crippen LogP contribution in [0.3, 0.4) is 0 Å². The molecule has 0 spiro atoms. The molecule has 0 radical (unpaired) electrons. The molecule has 180 valence electrons. The van der Waals surface area contributed by atoms with Crippen molar-refractivity contribution in [1.29, 1.82) is 0 Å². The summed E-state index contributed by atoms with van der Waals surface area (Å²) >= 11 is 2.15. The molecule has 0 bridgehead atoms. The minimum atomic E-state index is -0.163. The molecular weight excluding hydrogens is 551 g/mol. The maximum atomic E-state index is 14.0. The summed E-state index contributed by atoms with van der Waals surface area (Å²) in [4.78, 5) is 18.0. The third-order valence-electron chi connectivity index (χ3n) is 5.89. The first-order valence-electron chi connectivity index (χ1n) is 11.0. The molecule has 1 aliphatic rings. The molecule has 34 heavy (non-hydrogen) atoms. The molecule has 0 atom stereocenters. The molecule has 0 saturated heterocycles. The molecule has 2 aromatic carbocycles. The Balaban J connectivity index is 1.82. The summed E-state index contributed by atoms with van der Waals surface area (Å²) in [5.41, 5.74) is 1.80. The van der Waals surface area contributed by atoms with E-state index >= 15 is 0 Å². The van der Waals surface area contributed by atoms with E-state index in [0.717, 1.165) is 22.0 Å². The van der Waals surface area contributed by atoms with Crippen molar-refractivity contribution in [1.82, 2.24) is 15.1 Å². The van der Waals surface area contributed by atoms with Crippen molar-refractivity contribution in [2.45, 2.75) is 13.8 Å². The van der Waals surface area contributed by atoms with Crippen LogP contribution in [0.25, 0.3) is 10.9 Å². The number of likely N-dealkylation sites (N-methyl/N-ethyl adjacent to an activating group) is 1. The zero-order valence-corrected chi connectivity index (χ0v) is 21.8. The standard InChI is InChI=1S/C24H27IN4O5/c1-5-28(6-2)7-8-29(24(30)15-9-20(31-3)21(32-4)11-17(15)25)19-13-26-27-18-12-23-22(10-16(18)19)33-14-34-23/h9-13H,5-8,14H2,1-4H3. The highest BCUT2D eigenvalue weighted by Crippen LogP contribution is 2.39. The molecule has 2 heterocycles. The first kappa shape index (κ1) is 24.3. The number of ether oxygens (including phenoxy) is 4. The summed E-state index contributed by atoms with van der Waals surface area (Å²) in [6, 6.07) is 7.18. The lowest BCUT2D eigenvalue weighted by Crippen LogP contribution is -2.39. The Morgan fingerprint density at radius 3 is 2.38 bits per heavy atom. The molecule has 4 rings (SSSR count). The number of aromatic nitrogens is 2. The molecule has 0 saturated carbocycles. The molecule has 1 aliphatic heterocycles. The first-order chi connectivity index (χ1) is 16.5. The van der Waals surface area contributed by atoms with Crippen LogP contribution in [0.15, 0.2) is 30.5 Å². The molecular formula is C24H27IN4O5. The Hall–Kier alpha value is -2.86. The maximum Gasteiger partial charge on any atom is 0.259 e. The topological polar surface area (TPSA) is 86.3 Å². The lowest BCUT2D eigenvalue weighted by atomic mass is 10.1. The Kier molecular flexibility index (Phi) is 7.57. The Morgan fingerprint density at radius 2 is 1.71 bits per heavy atom. The number of methoxy groups -OCH3 is 2. The molecule has 9 nitrogen and oxygen atoms in total. The fourth-order valence-electron chi connectivity index (χ4n) is 3.93. The summed E-state index contributed by atoms with van der Waals surface area (Å²) in [6.07, 6.45) is 1.62. The van der Waals surface area contributed by atoms with Crippen LogP contribution in [0.4, 0.5) is 5.69 Å². The zero-order valence-electron chi connectivity index (χ0n) is 19.6. The smallest absolute Gasteiger partial charge is 0.259 e. The van der Waals surface area contributed by atoms with E-state index in [4.69, 9.17) is 18.9 Å². The van der Waals surface area contributed by atoms with Gasteiger partial charge in [-0.15, -0.1) is 0 Å². The average Bonchev–Trinajstić information content (AvgIpc) is 3.32. The van der Waals surface area contributed by atoms with E-state index in [2.05, 4.69) is 51.5 Å². The van der Waals surface area contributed by atoms with Crippen molar-refractivity contribution in [2.75, 3.05) is 52.1 Å². The number of hydrogen-bond acceptors (Lipinski definition) is 8. The van der Waals surface area contributed by atoms with Crippen molar-refractivity contribution in [3.05, 3.63) is 39.6 Å². The Labute approximate surface area is 212 Å². The van der Waals surface area contributed by atoms with Crippen LogP contribution in [-0.2, 0) is 0 Å². The van der Waals surface area contributed by atoms with Gasteiger partial charge in [0.25, 0.3) is 5.91 Å². The van der Waals surface area contributed by atoms with E-state index in [0.29, 0.717) is 52.9 Å². The molecule has 3 aromatic rings. The monoisotopic (exact) mass is 578 g/mol. The fourth-order valence-corrected chi connectivity index (χ4v) is 4.59. The number of carbonyl (C=O) groups is 1. The summed E-state index contributed by atoms with van der Waals surface area (Å²) < 4.78 is 22.7. The molecule has 0 N–H and O–H groups in total. The predicted octanol–water partition coefficient (Wildman–Crippen LogP) is 3.97. The predicted molar refractivity (Wildman–Crippen MR) is 137 cm³/mol. The summed E-state index contributed by atoms with van der Waals surface area (Å²) in [5.74, 6) is 2.15. The van der Waals surface area contributed by atoms with E-state index in [9.17, 15) is 4.79 Å². The quantitative estimate of drug-likeness (QED) is 0.353. The largest absolute Gasteiger partial charge is 0.493 e. The van der Waals surface area contributed by atoms with Gasteiger partial charge in [-0.1, -0.05) is 13.8 Å². The third-order valence-corrected chi connectivity index (χ3v) is 6.78. The Morgan fingerprint density at radius 1 is 1.03 bits per heavy atom. The van der Waals surface area contributed by atoms with Crippen molar-refractivity contribution in [3.63, 3.8) is 0 Å². The number of benzene rings is 2. The van der Waals surface area contributed by atoms with Gasteiger partial charge in [-0.3, -0.25) is 4.79 Å². The van der Waals surface area contributed by atoms with E-state index in [1.54, 1.807) is 43.5 Å².